The highest BCUT2D eigenvalue weighted by Gasteiger charge is 2.62. The maximum Gasteiger partial charge on any atom is 0.0890 e. The molecule has 0 spiro atoms. The van der Waals surface area contributed by atoms with Crippen molar-refractivity contribution >= 4 is 0 Å². The van der Waals surface area contributed by atoms with E-state index in [1.807, 2.05) is 0 Å². The van der Waals surface area contributed by atoms with Gasteiger partial charge in [-0.2, -0.15) is 5.26 Å². The van der Waals surface area contributed by atoms with Gasteiger partial charge >= 0.3 is 0 Å². The second-order valence-electron chi connectivity index (χ2n) is 8.84. The minimum absolute atomic E-state index is 0.329. The predicted molar refractivity (Wildman–Crippen MR) is 79.9 cm³/mol. The monoisotopic (exact) mass is 275 g/mol. The summed E-state index contributed by atoms with van der Waals surface area (Å²) in [4.78, 5) is 0. The highest BCUT2D eigenvalue weighted by Crippen LogP contribution is 2.63. The number of fused-ring (bicyclic) bond motifs is 2. The van der Waals surface area contributed by atoms with Gasteiger partial charge in [0, 0.05) is 0 Å². The van der Waals surface area contributed by atoms with E-state index in [0.29, 0.717) is 23.2 Å². The zero-order chi connectivity index (χ0) is 14.6. The van der Waals surface area contributed by atoms with Gasteiger partial charge in [-0.05, 0) is 68.1 Å². The number of hydrogen-bond acceptors (Lipinski definition) is 2. The lowest BCUT2D eigenvalue weighted by molar-refractivity contribution is -0.119. The molecule has 2 nitrogen and oxygen atoms in total. The molecule has 112 valence electrons. The molecular weight excluding hydrogens is 246 g/mol. The van der Waals surface area contributed by atoms with Crippen LogP contribution in [0.15, 0.2) is 0 Å². The van der Waals surface area contributed by atoms with E-state index < -0.39 is 11.0 Å². The lowest BCUT2D eigenvalue weighted by Crippen LogP contribution is -2.53. The summed E-state index contributed by atoms with van der Waals surface area (Å²) in [6.07, 6.45) is 8.46. The summed E-state index contributed by atoms with van der Waals surface area (Å²) in [6.45, 7) is 6.92. The van der Waals surface area contributed by atoms with Crippen molar-refractivity contribution in [3.8, 4) is 6.07 Å². The summed E-state index contributed by atoms with van der Waals surface area (Å²) in [5.41, 5.74) is -0.794. The average molecular weight is 275 g/mol. The smallest absolute Gasteiger partial charge is 0.0890 e. The van der Waals surface area contributed by atoms with Gasteiger partial charge in [-0.15, -0.1) is 0 Å². The van der Waals surface area contributed by atoms with Crippen LogP contribution in [0.5, 0.6) is 0 Å². The Labute approximate surface area is 123 Å². The van der Waals surface area contributed by atoms with Crippen LogP contribution in [0.4, 0.5) is 0 Å². The van der Waals surface area contributed by atoms with Crippen molar-refractivity contribution in [2.75, 3.05) is 0 Å². The number of aliphatic hydroxyl groups is 1. The summed E-state index contributed by atoms with van der Waals surface area (Å²) in [5.74, 6) is 1.87. The third-order valence-corrected chi connectivity index (χ3v) is 6.92. The molecule has 3 atom stereocenters. The van der Waals surface area contributed by atoms with Crippen LogP contribution in [-0.2, 0) is 0 Å². The van der Waals surface area contributed by atoms with E-state index in [2.05, 4.69) is 26.8 Å². The molecule has 2 bridgehead atoms. The van der Waals surface area contributed by atoms with Crippen LogP contribution < -0.4 is 0 Å². The van der Waals surface area contributed by atoms with Crippen LogP contribution in [0.1, 0.15) is 72.1 Å². The third kappa shape index (κ3) is 1.93. The van der Waals surface area contributed by atoms with Gasteiger partial charge in [0.25, 0.3) is 0 Å². The first-order chi connectivity index (χ1) is 9.31. The first-order valence-corrected chi connectivity index (χ1v) is 8.44. The van der Waals surface area contributed by atoms with Crippen molar-refractivity contribution in [2.45, 2.75) is 77.7 Å². The van der Waals surface area contributed by atoms with Gasteiger partial charge < -0.3 is 5.11 Å². The molecule has 2 heteroatoms. The number of nitrogens with zero attached hydrogens (tertiary/aromatic N) is 1. The van der Waals surface area contributed by atoms with Gasteiger partial charge in [0.1, 0.15) is 0 Å². The molecule has 0 amide bonds. The predicted octanol–water partition coefficient (Wildman–Crippen LogP) is 4.28. The van der Waals surface area contributed by atoms with Gasteiger partial charge in [0.15, 0.2) is 0 Å². The zero-order valence-electron chi connectivity index (χ0n) is 13.3. The van der Waals surface area contributed by atoms with E-state index in [4.69, 9.17) is 0 Å². The topological polar surface area (TPSA) is 44.0 Å². The van der Waals surface area contributed by atoms with Crippen LogP contribution in [0.25, 0.3) is 0 Å². The zero-order valence-corrected chi connectivity index (χ0v) is 13.3. The average Bonchev–Trinajstić information content (AvgIpc) is 2.98. The Balaban J connectivity index is 1.79. The highest BCUT2D eigenvalue weighted by molar-refractivity contribution is 5.21. The Kier molecular flexibility index (Phi) is 3.22. The van der Waals surface area contributed by atoms with E-state index in [-0.39, 0.29) is 0 Å². The van der Waals surface area contributed by atoms with Crippen LogP contribution >= 0.6 is 0 Å². The normalized spacial score (nSPS) is 48.2. The minimum Gasteiger partial charge on any atom is -0.388 e. The van der Waals surface area contributed by atoms with E-state index >= 15 is 0 Å². The van der Waals surface area contributed by atoms with E-state index in [9.17, 15) is 10.4 Å². The molecule has 3 aliphatic carbocycles. The molecule has 0 aromatic heterocycles. The lowest BCUT2D eigenvalue weighted by Gasteiger charge is -2.50. The Morgan fingerprint density at radius 3 is 2.15 bits per heavy atom. The van der Waals surface area contributed by atoms with Crippen molar-refractivity contribution in [3.05, 3.63) is 0 Å². The maximum atomic E-state index is 11.3. The Bertz CT molecular complexity index is 422. The molecular formula is C18H29NO. The van der Waals surface area contributed by atoms with E-state index in [1.54, 1.807) is 0 Å². The van der Waals surface area contributed by atoms with Gasteiger partial charge in [0.2, 0.25) is 0 Å². The quantitative estimate of drug-likeness (QED) is 0.776. The third-order valence-electron chi connectivity index (χ3n) is 6.92. The molecule has 0 heterocycles. The molecule has 3 saturated carbocycles. The fourth-order valence-electron chi connectivity index (χ4n) is 5.55. The van der Waals surface area contributed by atoms with Crippen molar-refractivity contribution in [2.24, 2.45) is 28.6 Å². The Hall–Kier alpha value is -0.550. The summed E-state index contributed by atoms with van der Waals surface area (Å²) in [7, 11) is 0. The summed E-state index contributed by atoms with van der Waals surface area (Å²) < 4.78 is 0. The van der Waals surface area contributed by atoms with E-state index in [1.165, 1.54) is 19.3 Å². The maximum absolute atomic E-state index is 11.3. The lowest BCUT2D eigenvalue weighted by atomic mass is 9.56. The number of hydrogen-bond donors (Lipinski definition) is 1. The van der Waals surface area contributed by atoms with Gasteiger partial charge in [-0.25, -0.2) is 0 Å². The molecule has 3 unspecified atom stereocenters. The van der Waals surface area contributed by atoms with Gasteiger partial charge in [0.05, 0.1) is 17.1 Å². The summed E-state index contributed by atoms with van der Waals surface area (Å²) >= 11 is 0. The molecule has 3 aliphatic rings. The summed E-state index contributed by atoms with van der Waals surface area (Å²) in [6, 6.07) is 2.62. The standard InChI is InChI=1S/C18H29NO/c1-16(2,3)14-6-8-18(20,9-7-14)17(12-19)11-13-4-5-15(17)10-13/h13-15,20H,4-11H2,1-3H3. The molecule has 1 N–H and O–H groups in total. The van der Waals surface area contributed by atoms with Crippen LogP contribution in [0, 0.1) is 39.9 Å². The highest BCUT2D eigenvalue weighted by atomic mass is 16.3. The largest absolute Gasteiger partial charge is 0.388 e. The molecule has 3 rings (SSSR count). The summed E-state index contributed by atoms with van der Waals surface area (Å²) in [5, 5.41) is 21.2. The van der Waals surface area contributed by atoms with Crippen LogP contribution in [0.2, 0.25) is 0 Å². The molecule has 20 heavy (non-hydrogen) atoms. The second-order valence-corrected chi connectivity index (χ2v) is 8.84. The van der Waals surface area contributed by atoms with Crippen molar-refractivity contribution < 1.29 is 5.11 Å². The molecule has 0 radical (unpaired) electrons. The van der Waals surface area contributed by atoms with Crippen molar-refractivity contribution in [1.82, 2.24) is 0 Å². The second kappa shape index (κ2) is 4.47. The number of nitriles is 1. The van der Waals surface area contributed by atoms with Crippen LogP contribution in [-0.4, -0.2) is 10.7 Å². The molecule has 0 saturated heterocycles. The molecule has 0 aliphatic heterocycles. The van der Waals surface area contributed by atoms with Crippen molar-refractivity contribution in [1.29, 1.82) is 5.26 Å². The van der Waals surface area contributed by atoms with E-state index in [0.717, 1.165) is 32.1 Å². The number of rotatable bonds is 1. The fourth-order valence-corrected chi connectivity index (χ4v) is 5.55. The molecule has 0 aromatic carbocycles. The SMILES string of the molecule is CC(C)(C)C1CCC(O)(C2(C#N)CC3CCC2C3)CC1. The Morgan fingerprint density at radius 1 is 1.10 bits per heavy atom. The van der Waals surface area contributed by atoms with Gasteiger partial charge in [-0.1, -0.05) is 27.2 Å². The fraction of sp³-hybridized carbons (Fsp3) is 0.944. The first kappa shape index (κ1) is 14.4. The van der Waals surface area contributed by atoms with Crippen LogP contribution in [0.3, 0.4) is 0 Å². The first-order valence-electron chi connectivity index (χ1n) is 8.44. The minimum atomic E-state index is -0.705. The van der Waals surface area contributed by atoms with Gasteiger partial charge in [-0.3, -0.25) is 0 Å². The molecule has 0 aromatic rings. The molecule has 3 fully saturated rings. The Morgan fingerprint density at radius 2 is 1.75 bits per heavy atom. The van der Waals surface area contributed by atoms with Crippen molar-refractivity contribution in [3.63, 3.8) is 0 Å².